The monoisotopic (exact) mass is 196 g/mol. The Kier molecular flexibility index (Phi) is 5.27. The van der Waals surface area contributed by atoms with Crippen molar-refractivity contribution in [3.8, 4) is 0 Å². The summed E-state index contributed by atoms with van der Waals surface area (Å²) in [5.41, 5.74) is 3.79. The minimum absolute atomic E-state index is 0.0675. The van der Waals surface area contributed by atoms with Gasteiger partial charge < -0.3 is 0 Å². The number of amides is 1. The first-order valence-corrected chi connectivity index (χ1v) is 5.67. The first-order valence-electron chi connectivity index (χ1n) is 5.67. The lowest BCUT2D eigenvalue weighted by Gasteiger charge is -2.00. The van der Waals surface area contributed by atoms with Crippen molar-refractivity contribution in [3.63, 3.8) is 0 Å². The van der Waals surface area contributed by atoms with Gasteiger partial charge in [-0.2, -0.15) is 5.10 Å². The number of nitrogens with one attached hydrogen (secondary N) is 1. The standard InChI is InChI=1S/C11H20N2O/c1-2-3-4-9-11(14)13-12-10-7-5-6-8-10/h2-9H2,1H3,(H,13,14). The third-order valence-electron chi connectivity index (χ3n) is 2.53. The smallest absolute Gasteiger partial charge is 0.240 e. The Hall–Kier alpha value is -0.860. The summed E-state index contributed by atoms with van der Waals surface area (Å²) in [6.45, 7) is 2.14. The fraction of sp³-hybridized carbons (Fsp3) is 0.818. The molecule has 14 heavy (non-hydrogen) atoms. The van der Waals surface area contributed by atoms with E-state index in [1.54, 1.807) is 0 Å². The molecule has 0 radical (unpaired) electrons. The second kappa shape index (κ2) is 6.57. The number of nitrogens with zero attached hydrogens (tertiary/aromatic N) is 1. The maximum absolute atomic E-state index is 11.3. The summed E-state index contributed by atoms with van der Waals surface area (Å²) >= 11 is 0. The van der Waals surface area contributed by atoms with Crippen molar-refractivity contribution in [1.82, 2.24) is 5.43 Å². The molecule has 0 atom stereocenters. The Morgan fingerprint density at radius 1 is 1.36 bits per heavy atom. The van der Waals surface area contributed by atoms with Crippen LogP contribution in [-0.2, 0) is 4.79 Å². The summed E-state index contributed by atoms with van der Waals surface area (Å²) in [6.07, 6.45) is 8.46. The van der Waals surface area contributed by atoms with Gasteiger partial charge in [0.25, 0.3) is 0 Å². The van der Waals surface area contributed by atoms with E-state index in [0.717, 1.165) is 37.8 Å². The lowest BCUT2D eigenvalue weighted by molar-refractivity contribution is -0.121. The molecule has 1 amide bonds. The molecule has 1 fully saturated rings. The average Bonchev–Trinajstić information content (AvgIpc) is 2.68. The summed E-state index contributed by atoms with van der Waals surface area (Å²) in [4.78, 5) is 11.3. The number of rotatable bonds is 5. The summed E-state index contributed by atoms with van der Waals surface area (Å²) in [6, 6.07) is 0. The first-order chi connectivity index (χ1) is 6.83. The van der Waals surface area contributed by atoms with Gasteiger partial charge in [0, 0.05) is 12.1 Å². The molecule has 1 rings (SSSR count). The Balaban J connectivity index is 2.10. The maximum atomic E-state index is 11.3. The predicted molar refractivity (Wildman–Crippen MR) is 58.2 cm³/mol. The van der Waals surface area contributed by atoms with Crippen LogP contribution in [0.15, 0.2) is 5.10 Å². The molecule has 0 aliphatic heterocycles. The van der Waals surface area contributed by atoms with Gasteiger partial charge in [-0.05, 0) is 32.1 Å². The van der Waals surface area contributed by atoms with E-state index in [9.17, 15) is 4.79 Å². The van der Waals surface area contributed by atoms with Gasteiger partial charge in [0.1, 0.15) is 0 Å². The molecule has 3 heteroatoms. The van der Waals surface area contributed by atoms with E-state index in [-0.39, 0.29) is 5.91 Å². The number of carbonyl (C=O) groups is 1. The molecule has 0 bridgehead atoms. The fourth-order valence-corrected chi connectivity index (χ4v) is 1.63. The van der Waals surface area contributed by atoms with E-state index in [2.05, 4.69) is 17.5 Å². The number of hydrogen-bond acceptors (Lipinski definition) is 2. The topological polar surface area (TPSA) is 41.5 Å². The second-order valence-corrected chi connectivity index (χ2v) is 3.88. The first kappa shape index (κ1) is 11.2. The Labute approximate surface area is 86.0 Å². The normalized spacial score (nSPS) is 15.6. The summed E-state index contributed by atoms with van der Waals surface area (Å²) in [5.74, 6) is 0.0675. The van der Waals surface area contributed by atoms with Crippen LogP contribution in [0, 0.1) is 0 Å². The molecule has 1 aliphatic rings. The fourth-order valence-electron chi connectivity index (χ4n) is 1.63. The minimum atomic E-state index is 0.0675. The molecule has 3 nitrogen and oxygen atoms in total. The molecule has 0 aromatic heterocycles. The largest absolute Gasteiger partial charge is 0.273 e. The molecule has 1 N–H and O–H groups in total. The van der Waals surface area contributed by atoms with E-state index >= 15 is 0 Å². The van der Waals surface area contributed by atoms with Gasteiger partial charge in [0.05, 0.1) is 0 Å². The molecule has 1 aliphatic carbocycles. The molecular weight excluding hydrogens is 176 g/mol. The third-order valence-corrected chi connectivity index (χ3v) is 2.53. The molecule has 80 valence electrons. The molecular formula is C11H20N2O. The number of hydrazone groups is 1. The molecule has 0 spiro atoms. The molecule has 0 heterocycles. The van der Waals surface area contributed by atoms with Gasteiger partial charge in [-0.1, -0.05) is 19.8 Å². The second-order valence-electron chi connectivity index (χ2n) is 3.88. The highest BCUT2D eigenvalue weighted by Crippen LogP contribution is 2.13. The van der Waals surface area contributed by atoms with E-state index in [1.807, 2.05) is 0 Å². The van der Waals surface area contributed by atoms with Crippen molar-refractivity contribution in [2.24, 2.45) is 5.10 Å². The van der Waals surface area contributed by atoms with Crippen LogP contribution in [0.4, 0.5) is 0 Å². The SMILES string of the molecule is CCCCCC(=O)NN=C1CCCC1. The van der Waals surface area contributed by atoms with Crippen molar-refractivity contribution in [2.75, 3.05) is 0 Å². The van der Waals surface area contributed by atoms with Gasteiger partial charge in [0.15, 0.2) is 0 Å². The van der Waals surface area contributed by atoms with Crippen LogP contribution in [0.3, 0.4) is 0 Å². The lowest BCUT2D eigenvalue weighted by Crippen LogP contribution is -2.18. The Morgan fingerprint density at radius 2 is 2.07 bits per heavy atom. The summed E-state index contributed by atoms with van der Waals surface area (Å²) in [7, 11) is 0. The molecule has 0 unspecified atom stereocenters. The van der Waals surface area contributed by atoms with Crippen molar-refractivity contribution in [2.45, 2.75) is 58.3 Å². The summed E-state index contributed by atoms with van der Waals surface area (Å²) in [5, 5.41) is 4.12. The van der Waals surface area contributed by atoms with Crippen LogP contribution < -0.4 is 5.43 Å². The predicted octanol–water partition coefficient (Wildman–Crippen LogP) is 2.61. The van der Waals surface area contributed by atoms with Crippen molar-refractivity contribution in [1.29, 1.82) is 0 Å². The van der Waals surface area contributed by atoms with Crippen LogP contribution in [0.25, 0.3) is 0 Å². The maximum Gasteiger partial charge on any atom is 0.240 e. The zero-order valence-electron chi connectivity index (χ0n) is 9.01. The zero-order valence-corrected chi connectivity index (χ0v) is 9.01. The van der Waals surface area contributed by atoms with E-state index in [1.165, 1.54) is 12.8 Å². The van der Waals surface area contributed by atoms with E-state index in [4.69, 9.17) is 0 Å². The lowest BCUT2D eigenvalue weighted by atomic mass is 10.2. The molecule has 1 saturated carbocycles. The van der Waals surface area contributed by atoms with Crippen LogP contribution in [0.2, 0.25) is 0 Å². The van der Waals surface area contributed by atoms with Crippen LogP contribution in [0.5, 0.6) is 0 Å². The van der Waals surface area contributed by atoms with Crippen LogP contribution >= 0.6 is 0 Å². The number of hydrogen-bond donors (Lipinski definition) is 1. The van der Waals surface area contributed by atoms with Crippen molar-refractivity contribution < 1.29 is 4.79 Å². The highest BCUT2D eigenvalue weighted by Gasteiger charge is 2.08. The van der Waals surface area contributed by atoms with E-state index in [0.29, 0.717) is 6.42 Å². The highest BCUT2D eigenvalue weighted by atomic mass is 16.2. The molecule has 0 aromatic rings. The summed E-state index contributed by atoms with van der Waals surface area (Å²) < 4.78 is 0. The van der Waals surface area contributed by atoms with Gasteiger partial charge >= 0.3 is 0 Å². The average molecular weight is 196 g/mol. The van der Waals surface area contributed by atoms with Crippen molar-refractivity contribution >= 4 is 11.6 Å². The highest BCUT2D eigenvalue weighted by molar-refractivity contribution is 5.87. The molecule has 0 aromatic carbocycles. The van der Waals surface area contributed by atoms with Gasteiger partial charge in [-0.25, -0.2) is 5.43 Å². The minimum Gasteiger partial charge on any atom is -0.273 e. The van der Waals surface area contributed by atoms with Gasteiger partial charge in [-0.15, -0.1) is 0 Å². The quantitative estimate of drug-likeness (QED) is 0.533. The van der Waals surface area contributed by atoms with Gasteiger partial charge in [-0.3, -0.25) is 4.79 Å². The zero-order chi connectivity index (χ0) is 10.2. The third kappa shape index (κ3) is 4.40. The van der Waals surface area contributed by atoms with Crippen LogP contribution in [0.1, 0.15) is 58.3 Å². The van der Waals surface area contributed by atoms with Crippen molar-refractivity contribution in [3.05, 3.63) is 0 Å². The molecule has 0 saturated heterocycles. The number of unbranched alkanes of at least 4 members (excludes halogenated alkanes) is 2. The Bertz CT molecular complexity index is 203. The van der Waals surface area contributed by atoms with E-state index < -0.39 is 0 Å². The Morgan fingerprint density at radius 3 is 2.71 bits per heavy atom. The van der Waals surface area contributed by atoms with Crippen LogP contribution in [-0.4, -0.2) is 11.6 Å². The number of carbonyl (C=O) groups excluding carboxylic acids is 1. The van der Waals surface area contributed by atoms with Gasteiger partial charge in [0.2, 0.25) is 5.91 Å².